The Bertz CT molecular complexity index is 1050. The predicted octanol–water partition coefficient (Wildman–Crippen LogP) is 6.56. The highest BCUT2D eigenvalue weighted by Gasteiger charge is 2.05. The molecule has 4 rings (SSSR count). The average Bonchev–Trinajstić information content (AvgIpc) is 2.64. The largest absolute Gasteiger partial charge is 0.238 e. The van der Waals surface area contributed by atoms with Crippen LogP contribution in [0.15, 0.2) is 93.7 Å². The Kier molecular flexibility index (Phi) is 4.28. The highest BCUT2D eigenvalue weighted by Crippen LogP contribution is 2.28. The van der Waals surface area contributed by atoms with Gasteiger partial charge in [0.15, 0.2) is 0 Å². The van der Waals surface area contributed by atoms with Crippen LogP contribution in [0.25, 0.3) is 21.9 Å². The normalized spacial score (nSPS) is 11.8. The van der Waals surface area contributed by atoms with Gasteiger partial charge in [0.25, 0.3) is 0 Å². The lowest BCUT2D eigenvalue weighted by atomic mass is 10.0. The molecule has 4 aromatic rings. The summed E-state index contributed by atoms with van der Waals surface area (Å²) in [5.74, 6) is 0. The fourth-order valence-corrected chi connectivity index (χ4v) is 3.93. The minimum atomic E-state index is 0.965. The zero-order chi connectivity index (χ0) is 16.4. The number of hydrogen-bond acceptors (Lipinski definition) is 2. The average molecular weight is 392 g/mol. The van der Waals surface area contributed by atoms with Crippen molar-refractivity contribution in [3.8, 4) is 11.1 Å². The number of halogens is 1. The van der Waals surface area contributed by atoms with Crippen LogP contribution in [0.1, 0.15) is 0 Å². The maximum atomic E-state index is 4.84. The van der Waals surface area contributed by atoms with E-state index in [1.54, 1.807) is 11.3 Å². The van der Waals surface area contributed by atoms with Crippen molar-refractivity contribution in [1.82, 2.24) is 0 Å². The van der Waals surface area contributed by atoms with Crippen molar-refractivity contribution in [2.24, 2.45) is 4.99 Å². The van der Waals surface area contributed by atoms with Crippen molar-refractivity contribution in [3.05, 3.63) is 93.4 Å². The third kappa shape index (κ3) is 3.05. The summed E-state index contributed by atoms with van der Waals surface area (Å²) < 4.78 is 2.10. The molecule has 0 fully saturated rings. The zero-order valence-electron chi connectivity index (χ0n) is 12.8. The summed E-state index contributed by atoms with van der Waals surface area (Å²) in [6.07, 6.45) is 0. The minimum Gasteiger partial charge on any atom is -0.238 e. The smallest absolute Gasteiger partial charge is 0.124 e. The Balaban J connectivity index is 1.95. The number of benzene rings is 3. The molecule has 116 valence electrons. The quantitative estimate of drug-likeness (QED) is 0.366. The lowest BCUT2D eigenvalue weighted by Gasteiger charge is -2.07. The summed E-state index contributed by atoms with van der Waals surface area (Å²) in [5.41, 5.74) is 3.46. The highest BCUT2D eigenvalue weighted by atomic mass is 79.9. The van der Waals surface area contributed by atoms with E-state index in [0.29, 0.717) is 0 Å². The van der Waals surface area contributed by atoms with Gasteiger partial charge in [0.1, 0.15) is 4.67 Å². The van der Waals surface area contributed by atoms with E-state index < -0.39 is 0 Å². The van der Waals surface area contributed by atoms with Gasteiger partial charge in [-0.3, -0.25) is 0 Å². The number of nitrogens with zero attached hydrogens (tertiary/aromatic N) is 1. The van der Waals surface area contributed by atoms with Gasteiger partial charge in [0.05, 0.1) is 5.69 Å². The molecule has 0 radical (unpaired) electrons. The topological polar surface area (TPSA) is 12.4 Å². The SMILES string of the molecule is Brc1ccc(N=c2scc(-c3ccccc3)c3ccccc23)cc1. The molecule has 0 unspecified atom stereocenters. The van der Waals surface area contributed by atoms with Gasteiger partial charge in [-0.15, -0.1) is 11.3 Å². The summed E-state index contributed by atoms with van der Waals surface area (Å²) in [6.45, 7) is 0. The third-order valence-corrected chi connectivity index (χ3v) is 5.29. The second kappa shape index (κ2) is 6.71. The molecule has 3 heteroatoms. The van der Waals surface area contributed by atoms with Crippen LogP contribution in [0.5, 0.6) is 0 Å². The van der Waals surface area contributed by atoms with E-state index in [0.717, 1.165) is 14.8 Å². The van der Waals surface area contributed by atoms with E-state index in [1.807, 2.05) is 30.3 Å². The first kappa shape index (κ1) is 15.3. The Morgan fingerprint density at radius 2 is 1.38 bits per heavy atom. The molecule has 0 spiro atoms. The predicted molar refractivity (Wildman–Crippen MR) is 107 cm³/mol. The van der Waals surface area contributed by atoms with Crippen LogP contribution in [0.4, 0.5) is 5.69 Å². The molecule has 0 saturated heterocycles. The summed E-state index contributed by atoms with van der Waals surface area (Å²) >= 11 is 5.15. The molecule has 0 atom stereocenters. The van der Waals surface area contributed by atoms with E-state index in [1.165, 1.54) is 21.9 Å². The first-order valence-electron chi connectivity index (χ1n) is 7.67. The van der Waals surface area contributed by atoms with Crippen molar-refractivity contribution < 1.29 is 0 Å². The zero-order valence-corrected chi connectivity index (χ0v) is 15.2. The van der Waals surface area contributed by atoms with Gasteiger partial charge in [0, 0.05) is 15.2 Å². The molecule has 0 amide bonds. The molecule has 1 nitrogen and oxygen atoms in total. The van der Waals surface area contributed by atoms with E-state index in [4.69, 9.17) is 4.99 Å². The molecule has 0 aliphatic carbocycles. The minimum absolute atomic E-state index is 0.965. The van der Waals surface area contributed by atoms with E-state index in [9.17, 15) is 0 Å². The molecule has 0 saturated carbocycles. The molecule has 0 aliphatic rings. The van der Waals surface area contributed by atoms with E-state index in [2.05, 4.69) is 69.8 Å². The van der Waals surface area contributed by atoms with Gasteiger partial charge < -0.3 is 0 Å². The maximum Gasteiger partial charge on any atom is 0.124 e. The fraction of sp³-hybridized carbons (Fsp3) is 0. The molecular formula is C21H14BrNS. The van der Waals surface area contributed by atoms with Gasteiger partial charge in [-0.1, -0.05) is 70.5 Å². The summed E-state index contributed by atoms with van der Waals surface area (Å²) in [7, 11) is 0. The Hall–Kier alpha value is -2.23. The van der Waals surface area contributed by atoms with Crippen LogP contribution < -0.4 is 4.67 Å². The first-order valence-corrected chi connectivity index (χ1v) is 9.35. The molecule has 0 N–H and O–H groups in total. The highest BCUT2D eigenvalue weighted by molar-refractivity contribution is 9.10. The van der Waals surface area contributed by atoms with Crippen LogP contribution in [-0.2, 0) is 0 Å². The second-order valence-electron chi connectivity index (χ2n) is 5.45. The van der Waals surface area contributed by atoms with E-state index in [-0.39, 0.29) is 0 Å². The molecule has 1 heterocycles. The van der Waals surface area contributed by atoms with Crippen molar-refractivity contribution in [2.45, 2.75) is 0 Å². The molecule has 3 aromatic carbocycles. The number of rotatable bonds is 2. The van der Waals surface area contributed by atoms with Gasteiger partial charge in [-0.05, 0) is 40.8 Å². The van der Waals surface area contributed by atoms with Gasteiger partial charge in [0.2, 0.25) is 0 Å². The van der Waals surface area contributed by atoms with Crippen molar-refractivity contribution >= 4 is 43.7 Å². The van der Waals surface area contributed by atoms with E-state index >= 15 is 0 Å². The maximum absolute atomic E-state index is 4.84. The molecule has 0 bridgehead atoms. The second-order valence-corrected chi connectivity index (χ2v) is 7.23. The number of hydrogen-bond donors (Lipinski definition) is 0. The summed E-state index contributed by atoms with van der Waals surface area (Å²) in [6, 6.07) is 27.1. The van der Waals surface area contributed by atoms with Crippen LogP contribution in [0, 0.1) is 0 Å². The fourth-order valence-electron chi connectivity index (χ4n) is 2.71. The standard InChI is InChI=1S/C21H14BrNS/c22-16-10-12-17(13-11-16)23-21-19-9-5-4-8-18(19)20(14-24-21)15-6-2-1-3-7-15/h1-14H. The lowest BCUT2D eigenvalue weighted by Crippen LogP contribution is -1.98. The molecule has 0 aliphatic heterocycles. The van der Waals surface area contributed by atoms with Crippen LogP contribution in [-0.4, -0.2) is 0 Å². The van der Waals surface area contributed by atoms with Crippen LogP contribution in [0.3, 0.4) is 0 Å². The van der Waals surface area contributed by atoms with Gasteiger partial charge >= 0.3 is 0 Å². The Labute approximate surface area is 153 Å². The van der Waals surface area contributed by atoms with Crippen LogP contribution >= 0.6 is 27.3 Å². The van der Waals surface area contributed by atoms with Crippen molar-refractivity contribution in [2.75, 3.05) is 0 Å². The first-order chi connectivity index (χ1) is 11.8. The molecular weight excluding hydrogens is 378 g/mol. The third-order valence-electron chi connectivity index (χ3n) is 3.88. The van der Waals surface area contributed by atoms with Crippen molar-refractivity contribution in [1.29, 1.82) is 0 Å². The van der Waals surface area contributed by atoms with Gasteiger partial charge in [-0.25, -0.2) is 4.99 Å². The van der Waals surface area contributed by atoms with Crippen molar-refractivity contribution in [3.63, 3.8) is 0 Å². The summed E-state index contributed by atoms with van der Waals surface area (Å²) in [5, 5.41) is 4.63. The van der Waals surface area contributed by atoms with Crippen LogP contribution in [0.2, 0.25) is 0 Å². The lowest BCUT2D eigenvalue weighted by molar-refractivity contribution is 1.42. The number of fused-ring (bicyclic) bond motifs is 1. The molecule has 1 aromatic heterocycles. The Morgan fingerprint density at radius 3 is 2.12 bits per heavy atom. The Morgan fingerprint density at radius 1 is 0.708 bits per heavy atom. The molecule has 24 heavy (non-hydrogen) atoms. The van der Waals surface area contributed by atoms with Gasteiger partial charge in [-0.2, -0.15) is 0 Å². The summed E-state index contributed by atoms with van der Waals surface area (Å²) in [4.78, 5) is 4.84. The monoisotopic (exact) mass is 391 g/mol.